The average Bonchev–Trinajstić information content (AvgIpc) is 3.03. The molecule has 1 N–H and O–H groups in total. The van der Waals surface area contributed by atoms with Crippen molar-refractivity contribution in [3.8, 4) is 5.75 Å². The fraction of sp³-hybridized carbons (Fsp3) is 0.348. The van der Waals surface area contributed by atoms with Gasteiger partial charge in [-0.1, -0.05) is 24.3 Å². The summed E-state index contributed by atoms with van der Waals surface area (Å²) in [5.74, 6) is 0.122. The molecule has 0 aromatic heterocycles. The summed E-state index contributed by atoms with van der Waals surface area (Å²) in [6, 6.07) is 13.5. The van der Waals surface area contributed by atoms with E-state index in [9.17, 15) is 19.5 Å². The molecule has 2 heterocycles. The van der Waals surface area contributed by atoms with Gasteiger partial charge in [0.1, 0.15) is 5.75 Å². The van der Waals surface area contributed by atoms with E-state index in [4.69, 9.17) is 0 Å². The van der Waals surface area contributed by atoms with Crippen LogP contribution < -0.4 is 4.90 Å². The van der Waals surface area contributed by atoms with Crippen molar-refractivity contribution in [2.24, 2.45) is 0 Å². The van der Waals surface area contributed by atoms with Crippen molar-refractivity contribution in [2.45, 2.75) is 38.1 Å². The van der Waals surface area contributed by atoms with Gasteiger partial charge < -0.3 is 5.11 Å². The van der Waals surface area contributed by atoms with Gasteiger partial charge in [0.25, 0.3) is 5.91 Å². The fourth-order valence-corrected chi connectivity index (χ4v) is 4.33. The van der Waals surface area contributed by atoms with E-state index in [1.165, 1.54) is 17.4 Å². The van der Waals surface area contributed by atoms with Gasteiger partial charge in [-0.15, -0.1) is 0 Å². The van der Waals surface area contributed by atoms with Crippen molar-refractivity contribution < 1.29 is 19.5 Å². The molecule has 0 bridgehead atoms. The first kappa shape index (κ1) is 19.3. The molecule has 2 amide bonds. The maximum atomic E-state index is 13.0. The normalized spacial score (nSPS) is 21.0. The van der Waals surface area contributed by atoms with Gasteiger partial charge in [0, 0.05) is 5.56 Å². The highest BCUT2D eigenvalue weighted by atomic mass is 16.3. The second kappa shape index (κ2) is 7.79. The van der Waals surface area contributed by atoms with E-state index in [1.807, 2.05) is 12.1 Å². The Morgan fingerprint density at radius 2 is 1.72 bits per heavy atom. The number of Topliss-reactive ketones (excluding diaryl/α,β-unsaturated/α-hetero) is 1. The highest BCUT2D eigenvalue weighted by Gasteiger charge is 2.43. The minimum absolute atomic E-state index is 0.0983. The maximum absolute atomic E-state index is 13.0. The van der Waals surface area contributed by atoms with E-state index in [-0.39, 0.29) is 29.8 Å². The molecule has 29 heavy (non-hydrogen) atoms. The summed E-state index contributed by atoms with van der Waals surface area (Å²) < 4.78 is 0. The van der Waals surface area contributed by atoms with Crippen molar-refractivity contribution in [1.82, 2.24) is 4.90 Å². The SMILES string of the molecule is CC(=O)c1cccc(N2C(=O)C[C@H](N3CCC(c4ccc(O)cc4)CC3)C2=O)c1. The van der Waals surface area contributed by atoms with E-state index in [1.54, 1.807) is 36.4 Å². The number of hydrogen-bond donors (Lipinski definition) is 1. The van der Waals surface area contributed by atoms with Crippen LogP contribution in [0.4, 0.5) is 5.69 Å². The Bertz CT molecular complexity index is 946. The summed E-state index contributed by atoms with van der Waals surface area (Å²) in [6.07, 6.45) is 1.98. The van der Waals surface area contributed by atoms with Crippen LogP contribution in [0.1, 0.15) is 48.0 Å². The quantitative estimate of drug-likeness (QED) is 0.639. The number of nitrogens with zero attached hydrogens (tertiary/aromatic N) is 2. The molecule has 6 nitrogen and oxygen atoms in total. The van der Waals surface area contributed by atoms with Gasteiger partial charge in [-0.3, -0.25) is 19.3 Å². The Morgan fingerprint density at radius 3 is 2.38 bits per heavy atom. The Hall–Kier alpha value is -2.99. The molecule has 2 aliphatic rings. The van der Waals surface area contributed by atoms with Gasteiger partial charge in [-0.25, -0.2) is 4.90 Å². The molecule has 6 heteroatoms. The lowest BCUT2D eigenvalue weighted by Crippen LogP contribution is -2.45. The van der Waals surface area contributed by atoms with Crippen LogP contribution in [0.25, 0.3) is 0 Å². The minimum atomic E-state index is -0.441. The summed E-state index contributed by atoms with van der Waals surface area (Å²) in [5, 5.41) is 9.46. The van der Waals surface area contributed by atoms with Crippen molar-refractivity contribution in [3.63, 3.8) is 0 Å². The molecule has 2 fully saturated rings. The van der Waals surface area contributed by atoms with Gasteiger partial charge in [-0.2, -0.15) is 0 Å². The topological polar surface area (TPSA) is 77.9 Å². The highest BCUT2D eigenvalue weighted by Crippen LogP contribution is 2.33. The Kier molecular flexibility index (Phi) is 5.20. The summed E-state index contributed by atoms with van der Waals surface area (Å²) in [4.78, 5) is 40.6. The van der Waals surface area contributed by atoms with Crippen molar-refractivity contribution >= 4 is 23.3 Å². The molecule has 1 atom stereocenters. The zero-order valence-electron chi connectivity index (χ0n) is 16.4. The first-order chi connectivity index (χ1) is 13.9. The van der Waals surface area contributed by atoms with Gasteiger partial charge in [0.05, 0.1) is 18.2 Å². The van der Waals surface area contributed by atoms with Gasteiger partial charge in [-0.05, 0) is 68.6 Å². The second-order valence-corrected chi connectivity index (χ2v) is 7.80. The van der Waals surface area contributed by atoms with E-state index >= 15 is 0 Å². The van der Waals surface area contributed by atoms with Crippen LogP contribution in [0.3, 0.4) is 0 Å². The molecule has 0 spiro atoms. The number of phenolic OH excluding ortho intramolecular Hbond substituents is 1. The van der Waals surface area contributed by atoms with E-state index in [0.29, 0.717) is 17.2 Å². The van der Waals surface area contributed by atoms with Crippen LogP contribution in [0.15, 0.2) is 48.5 Å². The zero-order chi connectivity index (χ0) is 20.5. The van der Waals surface area contributed by atoms with Crippen molar-refractivity contribution in [1.29, 1.82) is 0 Å². The molecule has 0 unspecified atom stereocenters. The highest BCUT2D eigenvalue weighted by molar-refractivity contribution is 6.22. The molecule has 2 aromatic carbocycles. The van der Waals surface area contributed by atoms with Crippen LogP contribution in [-0.2, 0) is 9.59 Å². The van der Waals surface area contributed by atoms with Gasteiger partial charge in [0.15, 0.2) is 5.78 Å². The lowest BCUT2D eigenvalue weighted by Gasteiger charge is -2.35. The monoisotopic (exact) mass is 392 g/mol. The van der Waals surface area contributed by atoms with Crippen LogP contribution in [0, 0.1) is 0 Å². The molecule has 2 aromatic rings. The summed E-state index contributed by atoms with van der Waals surface area (Å²) in [7, 11) is 0. The Labute approximate surface area is 169 Å². The molecule has 0 aliphatic carbocycles. The number of rotatable bonds is 4. The second-order valence-electron chi connectivity index (χ2n) is 7.80. The predicted molar refractivity (Wildman–Crippen MR) is 109 cm³/mol. The Balaban J connectivity index is 1.45. The molecule has 2 saturated heterocycles. The number of amides is 2. The molecular formula is C23H24N2O4. The van der Waals surface area contributed by atoms with Crippen molar-refractivity contribution in [3.05, 3.63) is 59.7 Å². The predicted octanol–water partition coefficient (Wildman–Crippen LogP) is 3.11. The van der Waals surface area contributed by atoms with Gasteiger partial charge in [0.2, 0.25) is 5.91 Å². The lowest BCUT2D eigenvalue weighted by atomic mass is 9.89. The fourth-order valence-electron chi connectivity index (χ4n) is 4.33. The molecular weight excluding hydrogens is 368 g/mol. The number of carbonyl (C=O) groups is 3. The first-order valence-electron chi connectivity index (χ1n) is 9.95. The first-order valence-corrected chi connectivity index (χ1v) is 9.95. The number of hydrogen-bond acceptors (Lipinski definition) is 5. The van der Waals surface area contributed by atoms with E-state index < -0.39 is 6.04 Å². The number of imide groups is 1. The van der Waals surface area contributed by atoms with Crippen LogP contribution >= 0.6 is 0 Å². The largest absolute Gasteiger partial charge is 0.508 e. The number of ketones is 1. The number of aromatic hydroxyl groups is 1. The lowest BCUT2D eigenvalue weighted by molar-refractivity contribution is -0.123. The zero-order valence-corrected chi connectivity index (χ0v) is 16.4. The summed E-state index contributed by atoms with van der Waals surface area (Å²) in [5.41, 5.74) is 2.15. The average molecular weight is 392 g/mol. The Morgan fingerprint density at radius 1 is 1.03 bits per heavy atom. The molecule has 4 rings (SSSR count). The van der Waals surface area contributed by atoms with Crippen LogP contribution in [0.5, 0.6) is 5.75 Å². The number of piperidine rings is 1. The maximum Gasteiger partial charge on any atom is 0.251 e. The van der Waals surface area contributed by atoms with Crippen molar-refractivity contribution in [2.75, 3.05) is 18.0 Å². The number of benzene rings is 2. The van der Waals surface area contributed by atoms with E-state index in [2.05, 4.69) is 4.90 Å². The van der Waals surface area contributed by atoms with Crippen LogP contribution in [-0.4, -0.2) is 46.7 Å². The number of carbonyl (C=O) groups excluding carboxylic acids is 3. The third-order valence-corrected chi connectivity index (χ3v) is 5.97. The molecule has 2 aliphatic heterocycles. The summed E-state index contributed by atoms with van der Waals surface area (Å²) >= 11 is 0. The number of phenols is 1. The summed E-state index contributed by atoms with van der Waals surface area (Å²) in [6.45, 7) is 2.96. The standard InChI is InChI=1S/C23H24N2O4/c1-15(26)18-3-2-4-19(13-18)25-22(28)14-21(23(25)29)24-11-9-17(10-12-24)16-5-7-20(27)8-6-16/h2-8,13,17,21,27H,9-12,14H2,1H3/t21-/m0/s1. The number of likely N-dealkylation sites (tertiary alicyclic amines) is 1. The molecule has 150 valence electrons. The third kappa shape index (κ3) is 3.80. The molecule has 0 radical (unpaired) electrons. The van der Waals surface area contributed by atoms with Crippen LogP contribution in [0.2, 0.25) is 0 Å². The minimum Gasteiger partial charge on any atom is -0.508 e. The number of anilines is 1. The van der Waals surface area contributed by atoms with E-state index in [0.717, 1.165) is 25.9 Å². The molecule has 0 saturated carbocycles. The van der Waals surface area contributed by atoms with Gasteiger partial charge >= 0.3 is 0 Å². The smallest absolute Gasteiger partial charge is 0.251 e. The third-order valence-electron chi connectivity index (χ3n) is 5.97.